The molecule has 108 valence electrons. The third kappa shape index (κ3) is 3.04. The highest BCUT2D eigenvalue weighted by Crippen LogP contribution is 2.32. The third-order valence-electron chi connectivity index (χ3n) is 3.15. The molecule has 3 aromatic rings. The van der Waals surface area contributed by atoms with E-state index in [-0.39, 0.29) is 5.75 Å². The normalized spacial score (nSPS) is 10.8. The van der Waals surface area contributed by atoms with Crippen LogP contribution in [0, 0.1) is 0 Å². The van der Waals surface area contributed by atoms with Crippen LogP contribution < -0.4 is 5.32 Å². The number of aromatic nitrogens is 2. The van der Waals surface area contributed by atoms with Crippen molar-refractivity contribution in [2.45, 2.75) is 13.3 Å². The van der Waals surface area contributed by atoms with Crippen molar-refractivity contribution in [3.05, 3.63) is 46.3 Å². The molecule has 0 aliphatic rings. The average Bonchev–Trinajstić information content (AvgIpc) is 3.09. The van der Waals surface area contributed by atoms with Crippen LogP contribution >= 0.6 is 22.9 Å². The van der Waals surface area contributed by atoms with Crippen molar-refractivity contribution in [1.82, 2.24) is 10.2 Å². The molecule has 0 atom stereocenters. The first kappa shape index (κ1) is 14.0. The lowest BCUT2D eigenvalue weighted by molar-refractivity contribution is 0.474. The molecule has 3 rings (SSSR count). The molecule has 2 heterocycles. The summed E-state index contributed by atoms with van der Waals surface area (Å²) in [4.78, 5) is 1.04. The predicted molar refractivity (Wildman–Crippen MR) is 87.7 cm³/mol. The van der Waals surface area contributed by atoms with Crippen LogP contribution in [0.5, 0.6) is 5.75 Å². The van der Waals surface area contributed by atoms with Crippen molar-refractivity contribution in [3.63, 3.8) is 0 Å². The number of phenols is 1. The van der Waals surface area contributed by atoms with E-state index >= 15 is 0 Å². The van der Waals surface area contributed by atoms with Gasteiger partial charge in [-0.15, -0.1) is 11.3 Å². The molecule has 0 saturated heterocycles. The average molecular weight is 320 g/mol. The van der Waals surface area contributed by atoms with E-state index in [1.807, 2.05) is 31.2 Å². The fourth-order valence-electron chi connectivity index (χ4n) is 2.10. The Labute approximate surface area is 131 Å². The minimum Gasteiger partial charge on any atom is -0.508 e. The minimum atomic E-state index is 0.272. The summed E-state index contributed by atoms with van der Waals surface area (Å²) in [6, 6.07) is 11.0. The van der Waals surface area contributed by atoms with Gasteiger partial charge < -0.3 is 10.4 Å². The summed E-state index contributed by atoms with van der Waals surface area (Å²) >= 11 is 7.45. The van der Waals surface area contributed by atoms with Gasteiger partial charge in [-0.05, 0) is 42.3 Å². The first-order valence-corrected chi connectivity index (χ1v) is 7.75. The number of halogens is 1. The second-order valence-corrected chi connectivity index (χ2v) is 6.31. The van der Waals surface area contributed by atoms with Crippen molar-refractivity contribution in [3.8, 4) is 16.3 Å². The van der Waals surface area contributed by atoms with Crippen molar-refractivity contribution in [2.75, 3.05) is 5.32 Å². The molecule has 0 unspecified atom stereocenters. The zero-order valence-corrected chi connectivity index (χ0v) is 12.9. The van der Waals surface area contributed by atoms with E-state index in [0.29, 0.717) is 0 Å². The van der Waals surface area contributed by atoms with Crippen LogP contribution in [0.3, 0.4) is 0 Å². The molecule has 0 fully saturated rings. The van der Waals surface area contributed by atoms with Crippen molar-refractivity contribution in [2.24, 2.45) is 0 Å². The number of anilines is 2. The van der Waals surface area contributed by atoms with Crippen LogP contribution in [0.2, 0.25) is 4.34 Å². The largest absolute Gasteiger partial charge is 0.508 e. The molecule has 6 heteroatoms. The summed E-state index contributed by atoms with van der Waals surface area (Å²) in [5, 5.41) is 20.0. The van der Waals surface area contributed by atoms with Crippen LogP contribution in [0.1, 0.15) is 12.5 Å². The second-order valence-electron chi connectivity index (χ2n) is 4.59. The highest BCUT2D eigenvalue weighted by Gasteiger charge is 2.08. The summed E-state index contributed by atoms with van der Waals surface area (Å²) < 4.78 is 0.751. The zero-order chi connectivity index (χ0) is 14.8. The molecule has 0 aliphatic heterocycles. The van der Waals surface area contributed by atoms with E-state index < -0.39 is 0 Å². The second kappa shape index (κ2) is 5.79. The van der Waals surface area contributed by atoms with Gasteiger partial charge in [-0.25, -0.2) is 0 Å². The summed E-state index contributed by atoms with van der Waals surface area (Å²) in [7, 11) is 0. The molecule has 0 bridgehead atoms. The Morgan fingerprint density at radius 1 is 1.29 bits per heavy atom. The summed E-state index contributed by atoms with van der Waals surface area (Å²) in [6.45, 7) is 2.05. The molecule has 0 amide bonds. The Kier molecular flexibility index (Phi) is 3.86. The number of hydrogen-bond donors (Lipinski definition) is 3. The number of nitrogens with one attached hydrogen (secondary N) is 2. The van der Waals surface area contributed by atoms with E-state index in [1.165, 1.54) is 11.3 Å². The molecule has 2 aromatic heterocycles. The first-order chi connectivity index (χ1) is 10.2. The highest BCUT2D eigenvalue weighted by atomic mass is 35.5. The van der Waals surface area contributed by atoms with Gasteiger partial charge in [0.15, 0.2) is 5.82 Å². The van der Waals surface area contributed by atoms with Crippen LogP contribution in [-0.4, -0.2) is 15.3 Å². The van der Waals surface area contributed by atoms with E-state index in [1.54, 1.807) is 12.1 Å². The molecular formula is C15H14ClN3OS. The topological polar surface area (TPSA) is 60.9 Å². The van der Waals surface area contributed by atoms with Crippen molar-refractivity contribution >= 4 is 34.4 Å². The smallest absolute Gasteiger partial charge is 0.152 e. The molecule has 21 heavy (non-hydrogen) atoms. The van der Waals surface area contributed by atoms with Gasteiger partial charge in [-0.1, -0.05) is 18.5 Å². The third-order valence-corrected chi connectivity index (χ3v) is 4.41. The van der Waals surface area contributed by atoms with Gasteiger partial charge in [0.05, 0.1) is 14.9 Å². The van der Waals surface area contributed by atoms with Gasteiger partial charge >= 0.3 is 0 Å². The van der Waals surface area contributed by atoms with E-state index in [9.17, 15) is 5.11 Å². The van der Waals surface area contributed by atoms with E-state index in [2.05, 4.69) is 15.5 Å². The maximum Gasteiger partial charge on any atom is 0.152 e. The molecule has 0 spiro atoms. The number of phenolic OH excluding ortho intramolecular Hbond substituents is 1. The number of H-pyrrole nitrogens is 1. The number of aromatic hydroxyl groups is 1. The first-order valence-electron chi connectivity index (χ1n) is 6.55. The minimum absolute atomic E-state index is 0.272. The Bertz CT molecular complexity index is 766. The molecule has 0 radical (unpaired) electrons. The molecule has 0 aliphatic carbocycles. The van der Waals surface area contributed by atoms with Crippen molar-refractivity contribution < 1.29 is 5.11 Å². The summed E-state index contributed by atoms with van der Waals surface area (Å²) in [5.41, 5.74) is 2.91. The maximum atomic E-state index is 9.53. The number of aromatic amines is 1. The van der Waals surface area contributed by atoms with Crippen LogP contribution in [-0.2, 0) is 6.42 Å². The van der Waals surface area contributed by atoms with Gasteiger partial charge in [0, 0.05) is 11.8 Å². The standard InChI is InChI=1S/C15H14ClN3OS/c1-2-9-7-10(20)3-4-11(9)17-15-8-12(18-19-15)13-5-6-14(16)21-13/h3-8,20H,2H2,1H3,(H2,17,18,19). The Hall–Kier alpha value is -1.98. The Morgan fingerprint density at radius 2 is 2.14 bits per heavy atom. The van der Waals surface area contributed by atoms with E-state index in [4.69, 9.17) is 11.6 Å². The lowest BCUT2D eigenvalue weighted by Crippen LogP contribution is -1.95. The quantitative estimate of drug-likeness (QED) is 0.605. The SMILES string of the molecule is CCc1cc(O)ccc1Nc1cc(-c2ccc(Cl)s2)[nH]n1. The number of benzene rings is 1. The molecule has 3 N–H and O–H groups in total. The van der Waals surface area contributed by atoms with Crippen LogP contribution in [0.15, 0.2) is 36.4 Å². The molecule has 1 aromatic carbocycles. The zero-order valence-electron chi connectivity index (χ0n) is 11.4. The lowest BCUT2D eigenvalue weighted by atomic mass is 10.1. The highest BCUT2D eigenvalue weighted by molar-refractivity contribution is 7.19. The maximum absolute atomic E-state index is 9.53. The van der Waals surface area contributed by atoms with Crippen LogP contribution in [0.25, 0.3) is 10.6 Å². The Morgan fingerprint density at radius 3 is 2.86 bits per heavy atom. The van der Waals surface area contributed by atoms with Gasteiger partial charge in [0.2, 0.25) is 0 Å². The number of nitrogens with zero attached hydrogens (tertiary/aromatic N) is 1. The fraction of sp³-hybridized carbons (Fsp3) is 0.133. The molecular weight excluding hydrogens is 306 g/mol. The lowest BCUT2D eigenvalue weighted by Gasteiger charge is -2.08. The summed E-state index contributed by atoms with van der Waals surface area (Å²) in [6.07, 6.45) is 0.828. The molecule has 0 saturated carbocycles. The monoisotopic (exact) mass is 319 g/mol. The van der Waals surface area contributed by atoms with Gasteiger partial charge in [-0.2, -0.15) is 5.10 Å². The number of aryl methyl sites for hydroxylation is 1. The fourth-order valence-corrected chi connectivity index (χ4v) is 3.11. The summed E-state index contributed by atoms with van der Waals surface area (Å²) in [5.74, 6) is 1.00. The van der Waals surface area contributed by atoms with Gasteiger partial charge in [-0.3, -0.25) is 5.10 Å². The number of thiophene rings is 1. The van der Waals surface area contributed by atoms with Crippen LogP contribution in [0.4, 0.5) is 11.5 Å². The van der Waals surface area contributed by atoms with Gasteiger partial charge in [0.25, 0.3) is 0 Å². The number of hydrogen-bond acceptors (Lipinski definition) is 4. The number of rotatable bonds is 4. The van der Waals surface area contributed by atoms with E-state index in [0.717, 1.165) is 38.4 Å². The predicted octanol–water partition coefficient (Wildman–Crippen LogP) is 4.80. The van der Waals surface area contributed by atoms with Crippen molar-refractivity contribution in [1.29, 1.82) is 0 Å². The van der Waals surface area contributed by atoms with Gasteiger partial charge in [0.1, 0.15) is 5.75 Å². The molecule has 4 nitrogen and oxygen atoms in total. The Balaban J connectivity index is 1.84.